The van der Waals surface area contributed by atoms with Crippen molar-refractivity contribution in [2.75, 3.05) is 13.7 Å². The Bertz CT molecular complexity index is 259. The number of rotatable bonds is 4. The number of likely N-dealkylation sites (N-methyl/N-ethyl adjacent to an activating group) is 1. The van der Waals surface area contributed by atoms with Gasteiger partial charge < -0.3 is 10.1 Å². The molecule has 0 unspecified atom stereocenters. The number of carbonyl (C=O) groups is 1. The molecule has 1 N–H and O–H groups in total. The van der Waals surface area contributed by atoms with Crippen molar-refractivity contribution in [1.29, 1.82) is 0 Å². The molecule has 1 aromatic rings. The lowest BCUT2D eigenvalue weighted by Crippen LogP contribution is -2.23. The van der Waals surface area contributed by atoms with Gasteiger partial charge in [0.1, 0.15) is 6.61 Å². The highest BCUT2D eigenvalue weighted by Crippen LogP contribution is 1.99. The summed E-state index contributed by atoms with van der Waals surface area (Å²) < 4.78 is 5.14. The van der Waals surface area contributed by atoms with Gasteiger partial charge in [-0.25, -0.2) is 0 Å². The summed E-state index contributed by atoms with van der Waals surface area (Å²) in [5.74, 6) is -0.111. The zero-order valence-corrected chi connectivity index (χ0v) is 7.54. The van der Waals surface area contributed by atoms with E-state index in [1.54, 1.807) is 7.05 Å². The van der Waals surface area contributed by atoms with Crippen LogP contribution in [-0.2, 0) is 16.1 Å². The second kappa shape index (κ2) is 5.32. The zero-order chi connectivity index (χ0) is 9.52. The lowest BCUT2D eigenvalue weighted by atomic mass is 10.2. The summed E-state index contributed by atoms with van der Waals surface area (Å²) in [6, 6.07) is 10.4. The first-order valence-electron chi connectivity index (χ1n) is 4.06. The summed E-state index contributed by atoms with van der Waals surface area (Å²) in [5, 5.41) is 2.48. The molecule has 69 valence electrons. The van der Waals surface area contributed by atoms with Gasteiger partial charge in [0.25, 0.3) is 0 Å². The van der Waals surface area contributed by atoms with Crippen LogP contribution in [0.2, 0.25) is 0 Å². The average Bonchev–Trinajstić information content (AvgIpc) is 2.19. The van der Waals surface area contributed by atoms with Crippen molar-refractivity contribution in [3.8, 4) is 0 Å². The van der Waals surface area contributed by atoms with Crippen molar-refractivity contribution >= 4 is 5.91 Å². The number of carbonyl (C=O) groups excluding carboxylic acids is 1. The zero-order valence-electron chi connectivity index (χ0n) is 7.54. The molecule has 0 aromatic heterocycles. The van der Waals surface area contributed by atoms with E-state index in [1.807, 2.05) is 24.3 Å². The van der Waals surface area contributed by atoms with E-state index in [4.69, 9.17) is 4.74 Å². The number of nitrogens with one attached hydrogen (secondary N) is 1. The number of hydrogen-bond donors (Lipinski definition) is 1. The van der Waals surface area contributed by atoms with Gasteiger partial charge in [0, 0.05) is 7.05 Å². The van der Waals surface area contributed by atoms with Crippen molar-refractivity contribution in [2.24, 2.45) is 0 Å². The molecule has 0 saturated heterocycles. The molecule has 0 aliphatic carbocycles. The van der Waals surface area contributed by atoms with Gasteiger partial charge in [0.15, 0.2) is 0 Å². The quantitative estimate of drug-likeness (QED) is 0.738. The van der Waals surface area contributed by atoms with E-state index in [0.29, 0.717) is 6.61 Å². The number of benzene rings is 1. The fraction of sp³-hybridized carbons (Fsp3) is 0.300. The Morgan fingerprint density at radius 1 is 1.69 bits per heavy atom. The molecule has 3 heteroatoms. The van der Waals surface area contributed by atoms with Crippen LogP contribution < -0.4 is 5.32 Å². The maximum atomic E-state index is 10.8. The molecule has 0 bridgehead atoms. The van der Waals surface area contributed by atoms with Gasteiger partial charge in [-0.05, 0) is 17.7 Å². The molecule has 0 fully saturated rings. The maximum absolute atomic E-state index is 10.8. The first kappa shape index (κ1) is 9.74. The lowest BCUT2D eigenvalue weighted by Gasteiger charge is -2.02. The van der Waals surface area contributed by atoms with Crippen LogP contribution in [0, 0.1) is 6.07 Å². The molecule has 3 nitrogen and oxygen atoms in total. The predicted molar refractivity (Wildman–Crippen MR) is 49.0 cm³/mol. The predicted octanol–water partition coefficient (Wildman–Crippen LogP) is 0.749. The molecule has 1 radical (unpaired) electrons. The number of amides is 1. The van der Waals surface area contributed by atoms with Crippen LogP contribution in [0.1, 0.15) is 5.56 Å². The number of ether oxygens (including phenoxy) is 1. The molecule has 0 atom stereocenters. The highest BCUT2D eigenvalue weighted by molar-refractivity contribution is 5.76. The van der Waals surface area contributed by atoms with Gasteiger partial charge >= 0.3 is 0 Å². The van der Waals surface area contributed by atoms with E-state index in [0.717, 1.165) is 5.56 Å². The fourth-order valence-corrected chi connectivity index (χ4v) is 0.854. The van der Waals surface area contributed by atoms with Gasteiger partial charge in [-0.2, -0.15) is 0 Å². The summed E-state index contributed by atoms with van der Waals surface area (Å²) in [6.07, 6.45) is 0. The van der Waals surface area contributed by atoms with Crippen molar-refractivity contribution in [3.63, 3.8) is 0 Å². The Kier molecular flexibility index (Phi) is 3.99. The molecule has 13 heavy (non-hydrogen) atoms. The van der Waals surface area contributed by atoms with E-state index in [-0.39, 0.29) is 12.5 Å². The largest absolute Gasteiger partial charge is 0.367 e. The first-order valence-corrected chi connectivity index (χ1v) is 4.06. The molecule has 0 saturated carbocycles. The monoisotopic (exact) mass is 178 g/mol. The Morgan fingerprint density at radius 2 is 2.54 bits per heavy atom. The molecule has 1 amide bonds. The normalized spacial score (nSPS) is 9.62. The van der Waals surface area contributed by atoms with Gasteiger partial charge in [-0.15, -0.1) is 0 Å². The van der Waals surface area contributed by atoms with E-state index in [1.165, 1.54) is 0 Å². The third-order valence-corrected chi connectivity index (χ3v) is 1.55. The minimum absolute atomic E-state index is 0.103. The summed E-state index contributed by atoms with van der Waals surface area (Å²) in [5.41, 5.74) is 1.02. The van der Waals surface area contributed by atoms with E-state index in [2.05, 4.69) is 11.4 Å². The van der Waals surface area contributed by atoms with E-state index < -0.39 is 0 Å². The van der Waals surface area contributed by atoms with Crippen LogP contribution in [0.5, 0.6) is 0 Å². The topological polar surface area (TPSA) is 38.3 Å². The standard InChI is InChI=1S/C10H12NO2/c1-11-10(12)8-13-7-9-5-3-2-4-6-9/h2-3,5-6H,7-8H2,1H3,(H,11,12). The van der Waals surface area contributed by atoms with Crippen LogP contribution in [-0.4, -0.2) is 19.6 Å². The molecule has 0 aliphatic rings. The summed E-state index contributed by atoms with van der Waals surface area (Å²) in [7, 11) is 1.59. The lowest BCUT2D eigenvalue weighted by molar-refractivity contribution is -0.125. The average molecular weight is 178 g/mol. The van der Waals surface area contributed by atoms with Crippen molar-refractivity contribution in [1.82, 2.24) is 5.32 Å². The minimum atomic E-state index is -0.111. The molecular weight excluding hydrogens is 166 g/mol. The van der Waals surface area contributed by atoms with Gasteiger partial charge in [-0.3, -0.25) is 4.79 Å². The minimum Gasteiger partial charge on any atom is -0.367 e. The van der Waals surface area contributed by atoms with Crippen molar-refractivity contribution in [3.05, 3.63) is 35.9 Å². The van der Waals surface area contributed by atoms with E-state index >= 15 is 0 Å². The molecule has 1 aromatic carbocycles. The third kappa shape index (κ3) is 3.71. The SMILES string of the molecule is CNC(=O)COCc1c[c]ccc1. The molecular formula is C10H12NO2. The van der Waals surface area contributed by atoms with Gasteiger partial charge in [-0.1, -0.05) is 18.2 Å². The number of hydrogen-bond acceptors (Lipinski definition) is 2. The third-order valence-electron chi connectivity index (χ3n) is 1.55. The summed E-state index contributed by atoms with van der Waals surface area (Å²) in [6.45, 7) is 0.552. The van der Waals surface area contributed by atoms with Crippen LogP contribution in [0.4, 0.5) is 0 Å². The van der Waals surface area contributed by atoms with Crippen LogP contribution in [0.15, 0.2) is 24.3 Å². The van der Waals surface area contributed by atoms with Crippen molar-refractivity contribution < 1.29 is 9.53 Å². The molecule has 0 aliphatic heterocycles. The van der Waals surface area contributed by atoms with E-state index in [9.17, 15) is 4.79 Å². The Labute approximate surface area is 77.7 Å². The Hall–Kier alpha value is -1.35. The Balaban J connectivity index is 2.24. The summed E-state index contributed by atoms with van der Waals surface area (Å²) >= 11 is 0. The smallest absolute Gasteiger partial charge is 0.245 e. The molecule has 0 spiro atoms. The Morgan fingerprint density at radius 3 is 3.15 bits per heavy atom. The summed E-state index contributed by atoms with van der Waals surface area (Å²) in [4.78, 5) is 10.8. The molecule has 1 rings (SSSR count). The van der Waals surface area contributed by atoms with Gasteiger partial charge in [0.05, 0.1) is 6.61 Å². The highest BCUT2D eigenvalue weighted by Gasteiger charge is 1.97. The van der Waals surface area contributed by atoms with Crippen LogP contribution in [0.3, 0.4) is 0 Å². The highest BCUT2D eigenvalue weighted by atomic mass is 16.5. The van der Waals surface area contributed by atoms with Crippen LogP contribution >= 0.6 is 0 Å². The second-order valence-corrected chi connectivity index (χ2v) is 2.58. The second-order valence-electron chi connectivity index (χ2n) is 2.58. The van der Waals surface area contributed by atoms with Crippen LogP contribution in [0.25, 0.3) is 0 Å². The van der Waals surface area contributed by atoms with Gasteiger partial charge in [0.2, 0.25) is 5.91 Å². The van der Waals surface area contributed by atoms with Crippen molar-refractivity contribution in [2.45, 2.75) is 6.61 Å². The molecule has 0 heterocycles. The first-order chi connectivity index (χ1) is 6.33. The maximum Gasteiger partial charge on any atom is 0.245 e. The fourth-order valence-electron chi connectivity index (χ4n) is 0.854.